The van der Waals surface area contributed by atoms with Gasteiger partial charge in [-0.05, 0) is 0 Å². The van der Waals surface area contributed by atoms with Gasteiger partial charge in [-0.2, -0.15) is 0 Å². The van der Waals surface area contributed by atoms with Crippen molar-refractivity contribution in [3.05, 3.63) is 47.0 Å². The number of benzene rings is 1. The van der Waals surface area contributed by atoms with Gasteiger partial charge in [-0.25, -0.2) is 0 Å². The Morgan fingerprint density at radius 3 is 2.93 bits per heavy atom. The van der Waals surface area contributed by atoms with Gasteiger partial charge in [0.15, 0.2) is 0 Å². The van der Waals surface area contributed by atoms with Crippen molar-refractivity contribution in [3.63, 3.8) is 0 Å². The van der Waals surface area contributed by atoms with Crippen molar-refractivity contribution < 1.29 is 0 Å². The molecule has 0 atom stereocenters. The van der Waals surface area contributed by atoms with Crippen molar-refractivity contribution in [1.29, 1.82) is 0 Å². The monoisotopic (exact) mass is 265 g/mol. The van der Waals surface area contributed by atoms with E-state index in [0.29, 0.717) is 5.95 Å². The molecule has 3 rings (SSSR count). The van der Waals surface area contributed by atoms with Crippen LogP contribution in [0.25, 0.3) is 15.6 Å². The summed E-state index contributed by atoms with van der Waals surface area (Å²) < 4.78 is 2.82. The SMILES string of the molecule is O=c1c2ccccc2[se]n1-c1ncc[nH]1. The summed E-state index contributed by atoms with van der Waals surface area (Å²) >= 11 is 0.00549. The topological polar surface area (TPSA) is 50.7 Å². The van der Waals surface area contributed by atoms with Crippen LogP contribution in [0.3, 0.4) is 0 Å². The fourth-order valence-electron chi connectivity index (χ4n) is 1.48. The van der Waals surface area contributed by atoms with Crippen LogP contribution in [0.15, 0.2) is 41.5 Å². The van der Waals surface area contributed by atoms with Crippen LogP contribution in [-0.2, 0) is 0 Å². The van der Waals surface area contributed by atoms with Gasteiger partial charge in [-0.1, -0.05) is 0 Å². The standard InChI is InChI=1S/C10H7N3OSe/c14-9-7-3-1-2-4-8(7)15-13(9)10-11-5-6-12-10/h1-6H,(H,11,12). The molecule has 1 aromatic carbocycles. The molecular formula is C10H7N3OSe. The van der Waals surface area contributed by atoms with Crippen LogP contribution in [0.1, 0.15) is 0 Å². The molecule has 0 radical (unpaired) electrons. The second-order valence-corrected chi connectivity index (χ2v) is 5.17. The second kappa shape index (κ2) is 3.22. The number of rotatable bonds is 1. The molecular weight excluding hydrogens is 257 g/mol. The van der Waals surface area contributed by atoms with Gasteiger partial charge in [0.1, 0.15) is 0 Å². The van der Waals surface area contributed by atoms with Crippen molar-refractivity contribution in [3.8, 4) is 5.95 Å². The van der Waals surface area contributed by atoms with Gasteiger partial charge in [-0.15, -0.1) is 0 Å². The molecule has 0 amide bonds. The average Bonchev–Trinajstić information content (AvgIpc) is 2.87. The number of aromatic amines is 1. The third kappa shape index (κ3) is 1.28. The molecule has 0 spiro atoms. The molecule has 0 aliphatic carbocycles. The van der Waals surface area contributed by atoms with E-state index in [0.717, 1.165) is 9.65 Å². The molecule has 15 heavy (non-hydrogen) atoms. The number of H-pyrrole nitrogens is 1. The maximum absolute atomic E-state index is 12.0. The number of hydrogen-bond acceptors (Lipinski definition) is 2. The summed E-state index contributed by atoms with van der Waals surface area (Å²) in [5.41, 5.74) is 0.0422. The van der Waals surface area contributed by atoms with Gasteiger partial charge >= 0.3 is 90.9 Å². The Hall–Kier alpha value is -1.58. The van der Waals surface area contributed by atoms with Crippen LogP contribution in [-0.4, -0.2) is 28.3 Å². The van der Waals surface area contributed by atoms with E-state index in [1.807, 2.05) is 24.3 Å². The van der Waals surface area contributed by atoms with Crippen LogP contribution in [0.2, 0.25) is 0 Å². The molecule has 3 aromatic rings. The molecule has 0 bridgehead atoms. The Kier molecular flexibility index (Phi) is 1.87. The summed E-state index contributed by atoms with van der Waals surface area (Å²) in [4.78, 5) is 19.0. The van der Waals surface area contributed by atoms with Crippen molar-refractivity contribution in [1.82, 2.24) is 13.5 Å². The zero-order chi connectivity index (χ0) is 10.3. The number of fused-ring (bicyclic) bond motifs is 1. The van der Waals surface area contributed by atoms with Gasteiger partial charge in [0.05, 0.1) is 0 Å². The number of imidazole rings is 1. The van der Waals surface area contributed by atoms with Gasteiger partial charge in [0.25, 0.3) is 0 Å². The molecule has 74 valence electrons. The van der Waals surface area contributed by atoms with Gasteiger partial charge in [0.2, 0.25) is 0 Å². The van der Waals surface area contributed by atoms with E-state index in [4.69, 9.17) is 0 Å². The Morgan fingerprint density at radius 2 is 2.20 bits per heavy atom. The molecule has 0 saturated carbocycles. The number of aromatic nitrogens is 3. The molecule has 0 fully saturated rings. The van der Waals surface area contributed by atoms with E-state index < -0.39 is 0 Å². The molecule has 0 unspecified atom stereocenters. The predicted molar refractivity (Wildman–Crippen MR) is 58.6 cm³/mol. The van der Waals surface area contributed by atoms with Crippen LogP contribution in [0.5, 0.6) is 0 Å². The summed E-state index contributed by atoms with van der Waals surface area (Å²) in [5, 5.41) is 0.800. The van der Waals surface area contributed by atoms with Crippen LogP contribution < -0.4 is 5.56 Å². The van der Waals surface area contributed by atoms with Crippen molar-refractivity contribution in [2.45, 2.75) is 0 Å². The zero-order valence-corrected chi connectivity index (χ0v) is 9.39. The summed E-state index contributed by atoms with van der Waals surface area (Å²) in [6.45, 7) is 0. The Morgan fingerprint density at radius 1 is 1.33 bits per heavy atom. The molecule has 2 heterocycles. The number of nitrogens with one attached hydrogen (secondary N) is 1. The first-order chi connectivity index (χ1) is 7.36. The van der Waals surface area contributed by atoms with Crippen LogP contribution >= 0.6 is 0 Å². The minimum absolute atomic E-state index is 0.00549. The molecule has 2 aromatic heterocycles. The zero-order valence-electron chi connectivity index (χ0n) is 7.68. The number of nitrogens with zero attached hydrogens (tertiary/aromatic N) is 2. The third-order valence-corrected chi connectivity index (χ3v) is 4.42. The molecule has 0 aliphatic heterocycles. The second-order valence-electron chi connectivity index (χ2n) is 3.10. The maximum atomic E-state index is 12.0. The van der Waals surface area contributed by atoms with E-state index in [1.165, 1.54) is 0 Å². The van der Waals surface area contributed by atoms with Crippen LogP contribution in [0, 0.1) is 0 Å². The van der Waals surface area contributed by atoms with E-state index in [1.54, 1.807) is 16.0 Å². The molecule has 1 N–H and O–H groups in total. The summed E-state index contributed by atoms with van der Waals surface area (Å²) in [6.07, 6.45) is 3.38. The van der Waals surface area contributed by atoms with Crippen molar-refractivity contribution in [2.24, 2.45) is 0 Å². The quantitative estimate of drug-likeness (QED) is 0.660. The molecule has 4 nitrogen and oxygen atoms in total. The normalized spacial score (nSPS) is 10.9. The van der Waals surface area contributed by atoms with E-state index in [9.17, 15) is 4.79 Å². The molecule has 5 heteroatoms. The van der Waals surface area contributed by atoms with Gasteiger partial charge < -0.3 is 0 Å². The average molecular weight is 264 g/mol. The molecule has 0 aliphatic rings. The first-order valence-electron chi connectivity index (χ1n) is 4.47. The third-order valence-electron chi connectivity index (χ3n) is 2.17. The summed E-state index contributed by atoms with van der Waals surface area (Å²) in [5.74, 6) is 0.635. The Bertz CT molecular complexity index is 651. The summed E-state index contributed by atoms with van der Waals surface area (Å²) in [6, 6.07) is 7.70. The first-order valence-corrected chi connectivity index (χ1v) is 6.09. The van der Waals surface area contributed by atoms with E-state index >= 15 is 0 Å². The Labute approximate surface area is 91.2 Å². The predicted octanol–water partition coefficient (Wildman–Crippen LogP) is 0.771. The fourth-order valence-corrected chi connectivity index (χ4v) is 3.49. The van der Waals surface area contributed by atoms with Crippen LogP contribution in [0.4, 0.5) is 0 Å². The van der Waals surface area contributed by atoms with E-state index in [2.05, 4.69) is 9.97 Å². The summed E-state index contributed by atoms with van der Waals surface area (Å²) in [7, 11) is 0. The number of hydrogen-bond donors (Lipinski definition) is 1. The molecule has 0 saturated heterocycles. The van der Waals surface area contributed by atoms with E-state index in [-0.39, 0.29) is 20.3 Å². The van der Waals surface area contributed by atoms with Gasteiger partial charge in [-0.3, -0.25) is 0 Å². The van der Waals surface area contributed by atoms with Gasteiger partial charge in [0, 0.05) is 0 Å². The van der Waals surface area contributed by atoms with Crippen molar-refractivity contribution in [2.75, 3.05) is 0 Å². The Balaban J connectivity index is 2.38. The van der Waals surface area contributed by atoms with Crippen molar-refractivity contribution >= 4 is 24.4 Å². The fraction of sp³-hybridized carbons (Fsp3) is 0. The minimum atomic E-state index is 0.00549. The first kappa shape index (κ1) is 8.71.